The van der Waals surface area contributed by atoms with E-state index >= 15 is 0 Å². The van der Waals surface area contributed by atoms with Gasteiger partial charge in [0.25, 0.3) is 5.91 Å². The van der Waals surface area contributed by atoms with Gasteiger partial charge in [0.2, 0.25) is 5.91 Å². The van der Waals surface area contributed by atoms with Gasteiger partial charge in [-0.05, 0) is 31.0 Å². The number of likely N-dealkylation sites (tertiary alicyclic amines) is 1. The molecule has 8 heteroatoms. The number of nitrogens with one attached hydrogen (secondary N) is 1. The quantitative estimate of drug-likeness (QED) is 0.839. The zero-order chi connectivity index (χ0) is 19.2. The summed E-state index contributed by atoms with van der Waals surface area (Å²) in [4.78, 5) is 26.3. The van der Waals surface area contributed by atoms with Crippen LogP contribution in [-0.2, 0) is 11.3 Å². The average Bonchev–Trinajstić information content (AvgIpc) is 3.21. The Balaban J connectivity index is 1.50. The number of rotatable bonds is 6. The lowest BCUT2D eigenvalue weighted by Crippen LogP contribution is -2.42. The van der Waals surface area contributed by atoms with E-state index < -0.39 is 6.61 Å². The first-order valence-corrected chi connectivity index (χ1v) is 8.68. The molecule has 0 aliphatic carbocycles. The van der Waals surface area contributed by atoms with Crippen molar-refractivity contribution >= 4 is 11.8 Å². The van der Waals surface area contributed by atoms with Gasteiger partial charge in [0.15, 0.2) is 5.76 Å². The number of furan rings is 1. The highest BCUT2D eigenvalue weighted by Gasteiger charge is 2.28. The smallest absolute Gasteiger partial charge is 0.387 e. The van der Waals surface area contributed by atoms with Crippen LogP contribution in [0.25, 0.3) is 0 Å². The van der Waals surface area contributed by atoms with E-state index in [1.165, 1.54) is 12.3 Å². The largest absolute Gasteiger partial charge is 0.459 e. The standard InChI is InChI=1S/C19H20F2N2O4/c20-19(21)27-15-5-2-1-4-14(15)12-22-17(24)13-7-9-23(10-8-13)18(25)16-6-3-11-26-16/h1-6,11,13,19H,7-10,12H2,(H,22,24). The van der Waals surface area contributed by atoms with Crippen LogP contribution in [0.5, 0.6) is 5.75 Å². The molecule has 0 atom stereocenters. The molecule has 1 aromatic carbocycles. The maximum atomic E-state index is 12.4. The Hall–Kier alpha value is -2.90. The highest BCUT2D eigenvalue weighted by molar-refractivity contribution is 5.91. The third-order valence-electron chi connectivity index (χ3n) is 4.53. The topological polar surface area (TPSA) is 71.8 Å². The van der Waals surface area contributed by atoms with Crippen molar-refractivity contribution in [3.05, 3.63) is 54.0 Å². The number of amides is 2. The van der Waals surface area contributed by atoms with E-state index in [-0.39, 0.29) is 35.8 Å². The van der Waals surface area contributed by atoms with Crippen LogP contribution < -0.4 is 10.1 Å². The van der Waals surface area contributed by atoms with E-state index in [1.54, 1.807) is 35.2 Å². The Morgan fingerprint density at radius 1 is 1.19 bits per heavy atom. The van der Waals surface area contributed by atoms with Crippen molar-refractivity contribution in [2.24, 2.45) is 5.92 Å². The molecular formula is C19H20F2N2O4. The lowest BCUT2D eigenvalue weighted by molar-refractivity contribution is -0.126. The van der Waals surface area contributed by atoms with Gasteiger partial charge >= 0.3 is 6.61 Å². The van der Waals surface area contributed by atoms with E-state index in [1.807, 2.05) is 0 Å². The predicted octanol–water partition coefficient (Wildman–Crippen LogP) is 3.05. The van der Waals surface area contributed by atoms with Crippen molar-refractivity contribution in [3.63, 3.8) is 0 Å². The maximum absolute atomic E-state index is 12.4. The van der Waals surface area contributed by atoms with Gasteiger partial charge in [0.05, 0.1) is 6.26 Å². The number of halogens is 2. The number of carbonyl (C=O) groups is 2. The molecule has 2 amide bonds. The molecule has 2 aromatic rings. The fraction of sp³-hybridized carbons (Fsp3) is 0.368. The van der Waals surface area contributed by atoms with Crippen LogP contribution >= 0.6 is 0 Å². The molecule has 0 saturated carbocycles. The molecule has 6 nitrogen and oxygen atoms in total. The molecular weight excluding hydrogens is 358 g/mol. The van der Waals surface area contributed by atoms with Crippen LogP contribution in [0.15, 0.2) is 47.1 Å². The van der Waals surface area contributed by atoms with E-state index in [2.05, 4.69) is 10.1 Å². The Morgan fingerprint density at radius 2 is 1.93 bits per heavy atom. The number of carbonyl (C=O) groups excluding carboxylic acids is 2. The van der Waals surface area contributed by atoms with Crippen LogP contribution in [0, 0.1) is 5.92 Å². The maximum Gasteiger partial charge on any atom is 0.387 e. The zero-order valence-electron chi connectivity index (χ0n) is 14.6. The zero-order valence-corrected chi connectivity index (χ0v) is 14.6. The lowest BCUT2D eigenvalue weighted by atomic mass is 9.95. The number of hydrogen-bond donors (Lipinski definition) is 1. The van der Waals surface area contributed by atoms with Gasteiger partial charge in [-0.15, -0.1) is 0 Å². The molecule has 1 fully saturated rings. The van der Waals surface area contributed by atoms with Gasteiger partial charge in [-0.1, -0.05) is 18.2 Å². The highest BCUT2D eigenvalue weighted by atomic mass is 19.3. The van der Waals surface area contributed by atoms with Crippen LogP contribution in [0.2, 0.25) is 0 Å². The Kier molecular flexibility index (Phi) is 6.05. The molecule has 2 heterocycles. The minimum absolute atomic E-state index is 0.0478. The van der Waals surface area contributed by atoms with Crippen LogP contribution in [0.1, 0.15) is 29.0 Å². The summed E-state index contributed by atoms with van der Waals surface area (Å²) in [7, 11) is 0. The Bertz CT molecular complexity index is 772. The van der Waals surface area contributed by atoms with Crippen molar-refractivity contribution in [3.8, 4) is 5.75 Å². The number of benzene rings is 1. The van der Waals surface area contributed by atoms with E-state index in [0.717, 1.165) is 0 Å². The first-order valence-electron chi connectivity index (χ1n) is 8.68. The second kappa shape index (κ2) is 8.66. The van der Waals surface area contributed by atoms with Gasteiger partial charge in [-0.2, -0.15) is 8.78 Å². The average molecular weight is 378 g/mol. The summed E-state index contributed by atoms with van der Waals surface area (Å²) < 4.78 is 34.5. The van der Waals surface area contributed by atoms with Gasteiger partial charge < -0.3 is 19.4 Å². The summed E-state index contributed by atoms with van der Waals surface area (Å²) in [5.74, 6) is -0.238. The summed E-state index contributed by atoms with van der Waals surface area (Å²) >= 11 is 0. The lowest BCUT2D eigenvalue weighted by Gasteiger charge is -2.30. The van der Waals surface area contributed by atoms with Crippen molar-refractivity contribution in [2.75, 3.05) is 13.1 Å². The molecule has 1 aromatic heterocycles. The monoisotopic (exact) mass is 378 g/mol. The number of ether oxygens (including phenoxy) is 1. The van der Waals surface area contributed by atoms with Gasteiger partial charge in [-0.25, -0.2) is 0 Å². The first kappa shape index (κ1) is 18.9. The molecule has 0 radical (unpaired) electrons. The van der Waals surface area contributed by atoms with E-state index in [9.17, 15) is 18.4 Å². The predicted molar refractivity (Wildman–Crippen MR) is 92.3 cm³/mol. The first-order chi connectivity index (χ1) is 13.0. The Labute approximate surface area is 155 Å². The molecule has 1 saturated heterocycles. The molecule has 1 aliphatic rings. The summed E-state index contributed by atoms with van der Waals surface area (Å²) in [6.07, 6.45) is 2.52. The molecule has 0 spiro atoms. The molecule has 3 rings (SSSR count). The van der Waals surface area contributed by atoms with E-state index in [4.69, 9.17) is 4.42 Å². The third kappa shape index (κ3) is 4.84. The molecule has 1 aliphatic heterocycles. The second-order valence-corrected chi connectivity index (χ2v) is 6.25. The normalized spacial score (nSPS) is 15.0. The minimum atomic E-state index is -2.92. The summed E-state index contributed by atoms with van der Waals surface area (Å²) in [6, 6.07) is 9.62. The third-order valence-corrected chi connectivity index (χ3v) is 4.53. The van der Waals surface area contributed by atoms with Crippen molar-refractivity contribution in [1.82, 2.24) is 10.2 Å². The minimum Gasteiger partial charge on any atom is -0.459 e. The van der Waals surface area contributed by atoms with Crippen molar-refractivity contribution in [1.29, 1.82) is 0 Å². The van der Waals surface area contributed by atoms with Crippen molar-refractivity contribution in [2.45, 2.75) is 26.0 Å². The molecule has 0 bridgehead atoms. The van der Waals surface area contributed by atoms with E-state index in [0.29, 0.717) is 31.5 Å². The fourth-order valence-electron chi connectivity index (χ4n) is 3.09. The molecule has 1 N–H and O–H groups in total. The van der Waals surface area contributed by atoms with Gasteiger partial charge in [0, 0.05) is 31.1 Å². The van der Waals surface area contributed by atoms with Gasteiger partial charge in [0.1, 0.15) is 5.75 Å². The number of alkyl halides is 2. The number of nitrogens with zero attached hydrogens (tertiary/aromatic N) is 1. The van der Waals surface area contributed by atoms with Crippen LogP contribution in [-0.4, -0.2) is 36.4 Å². The summed E-state index contributed by atoms with van der Waals surface area (Å²) in [5, 5.41) is 2.77. The van der Waals surface area contributed by atoms with Crippen molar-refractivity contribution < 1.29 is 27.5 Å². The van der Waals surface area contributed by atoms with Crippen LogP contribution in [0.3, 0.4) is 0 Å². The second-order valence-electron chi connectivity index (χ2n) is 6.25. The molecule has 0 unspecified atom stereocenters. The SMILES string of the molecule is O=C(NCc1ccccc1OC(F)F)C1CCN(C(=O)c2ccco2)CC1. The number of para-hydroxylation sites is 1. The molecule has 144 valence electrons. The Morgan fingerprint density at radius 3 is 2.59 bits per heavy atom. The van der Waals surface area contributed by atoms with Crippen LogP contribution in [0.4, 0.5) is 8.78 Å². The number of hydrogen-bond acceptors (Lipinski definition) is 4. The van der Waals surface area contributed by atoms with Gasteiger partial charge in [-0.3, -0.25) is 9.59 Å². The highest BCUT2D eigenvalue weighted by Crippen LogP contribution is 2.22. The summed E-state index contributed by atoms with van der Waals surface area (Å²) in [6.45, 7) is -1.89. The fourth-order valence-corrected chi connectivity index (χ4v) is 3.09. The summed E-state index contributed by atoms with van der Waals surface area (Å²) in [5.41, 5.74) is 0.483. The molecule has 27 heavy (non-hydrogen) atoms. The number of piperidine rings is 1.